The van der Waals surface area contributed by atoms with Crippen LogP contribution in [0.1, 0.15) is 26.2 Å². The Labute approximate surface area is 131 Å². The molecule has 118 valence electrons. The maximum atomic E-state index is 12.3. The standard InChI is InChI=1S/C14H22ClN3O2S/c1-11(18-7-3-2-4-8-18)10-17-21(19,20)14-9-12(16)5-6-13(14)15/h5-6,9,11,17H,2-4,7-8,10,16H2,1H3. The molecule has 0 spiro atoms. The molecule has 0 amide bonds. The number of nitrogen functional groups attached to an aromatic ring is 1. The van der Waals surface area contributed by atoms with Crippen LogP contribution >= 0.6 is 11.6 Å². The molecule has 7 heteroatoms. The minimum atomic E-state index is -3.64. The summed E-state index contributed by atoms with van der Waals surface area (Å²) >= 11 is 5.96. The number of nitrogens with one attached hydrogen (secondary N) is 1. The van der Waals surface area contributed by atoms with Crippen LogP contribution in [-0.2, 0) is 10.0 Å². The fourth-order valence-electron chi connectivity index (χ4n) is 2.52. The summed E-state index contributed by atoms with van der Waals surface area (Å²) in [5, 5.41) is 0.183. The number of hydrogen-bond donors (Lipinski definition) is 2. The average Bonchev–Trinajstić information content (AvgIpc) is 2.48. The van der Waals surface area contributed by atoms with Gasteiger partial charge in [-0.2, -0.15) is 0 Å². The lowest BCUT2D eigenvalue weighted by Crippen LogP contribution is -2.44. The van der Waals surface area contributed by atoms with E-state index in [1.54, 1.807) is 6.07 Å². The smallest absolute Gasteiger partial charge is 0.242 e. The van der Waals surface area contributed by atoms with E-state index >= 15 is 0 Å². The van der Waals surface area contributed by atoms with Gasteiger partial charge in [-0.3, -0.25) is 4.90 Å². The highest BCUT2D eigenvalue weighted by atomic mass is 35.5. The van der Waals surface area contributed by atoms with Crippen molar-refractivity contribution in [2.24, 2.45) is 0 Å². The zero-order valence-electron chi connectivity index (χ0n) is 12.2. The topological polar surface area (TPSA) is 75.4 Å². The number of nitrogens with zero attached hydrogens (tertiary/aromatic N) is 1. The average molecular weight is 332 g/mol. The highest BCUT2D eigenvalue weighted by Gasteiger charge is 2.22. The summed E-state index contributed by atoms with van der Waals surface area (Å²) in [6, 6.07) is 4.63. The lowest BCUT2D eigenvalue weighted by atomic mass is 10.1. The number of benzene rings is 1. The number of hydrogen-bond acceptors (Lipinski definition) is 4. The van der Waals surface area contributed by atoms with Gasteiger partial charge in [-0.1, -0.05) is 18.0 Å². The van der Waals surface area contributed by atoms with Gasteiger partial charge in [0.15, 0.2) is 0 Å². The molecule has 2 rings (SSSR count). The lowest BCUT2D eigenvalue weighted by molar-refractivity contribution is 0.175. The van der Waals surface area contributed by atoms with E-state index in [1.165, 1.54) is 31.4 Å². The Hall–Kier alpha value is -0.820. The molecule has 1 aromatic carbocycles. The fourth-order valence-corrected chi connectivity index (χ4v) is 4.18. The zero-order chi connectivity index (χ0) is 15.5. The summed E-state index contributed by atoms with van der Waals surface area (Å²) in [6.07, 6.45) is 3.62. The summed E-state index contributed by atoms with van der Waals surface area (Å²) < 4.78 is 27.3. The largest absolute Gasteiger partial charge is 0.399 e. The van der Waals surface area contributed by atoms with Gasteiger partial charge in [0, 0.05) is 18.3 Å². The molecule has 1 heterocycles. The molecule has 5 nitrogen and oxygen atoms in total. The van der Waals surface area contributed by atoms with Crippen molar-refractivity contribution in [1.29, 1.82) is 0 Å². The first-order chi connectivity index (χ1) is 9.90. The van der Waals surface area contributed by atoms with Crippen LogP contribution in [0.4, 0.5) is 5.69 Å². The molecule has 0 bridgehead atoms. The van der Waals surface area contributed by atoms with Crippen LogP contribution in [0.25, 0.3) is 0 Å². The second-order valence-corrected chi connectivity index (χ2v) is 7.63. The number of nitrogens with two attached hydrogens (primary N) is 1. The van der Waals surface area contributed by atoms with Gasteiger partial charge in [0.25, 0.3) is 0 Å². The third-order valence-corrected chi connectivity index (χ3v) is 5.73. The molecule has 1 fully saturated rings. The molecule has 0 aromatic heterocycles. The van der Waals surface area contributed by atoms with Crippen LogP contribution in [0, 0.1) is 0 Å². The van der Waals surface area contributed by atoms with Gasteiger partial charge < -0.3 is 5.73 Å². The molecule has 0 aliphatic carbocycles. The van der Waals surface area contributed by atoms with Crippen molar-refractivity contribution >= 4 is 27.3 Å². The summed E-state index contributed by atoms with van der Waals surface area (Å²) in [7, 11) is -3.64. The van der Waals surface area contributed by atoms with Crippen molar-refractivity contribution in [1.82, 2.24) is 9.62 Å². The van der Waals surface area contributed by atoms with Crippen LogP contribution in [0.5, 0.6) is 0 Å². The normalized spacial score (nSPS) is 18.6. The number of halogens is 1. The molecule has 1 aliphatic rings. The third kappa shape index (κ3) is 4.32. The number of sulfonamides is 1. The molecular weight excluding hydrogens is 310 g/mol. The number of likely N-dealkylation sites (tertiary alicyclic amines) is 1. The zero-order valence-corrected chi connectivity index (χ0v) is 13.8. The van der Waals surface area contributed by atoms with E-state index < -0.39 is 10.0 Å². The van der Waals surface area contributed by atoms with Crippen molar-refractivity contribution in [2.75, 3.05) is 25.4 Å². The number of anilines is 1. The summed E-state index contributed by atoms with van der Waals surface area (Å²) in [5.41, 5.74) is 6.02. The highest BCUT2D eigenvalue weighted by molar-refractivity contribution is 7.89. The Morgan fingerprint density at radius 3 is 2.67 bits per heavy atom. The van der Waals surface area contributed by atoms with Gasteiger partial charge in [0.05, 0.1) is 5.02 Å². The van der Waals surface area contributed by atoms with Crippen molar-refractivity contribution in [3.8, 4) is 0 Å². The molecule has 1 atom stereocenters. The Morgan fingerprint density at radius 1 is 1.33 bits per heavy atom. The molecule has 21 heavy (non-hydrogen) atoms. The van der Waals surface area contributed by atoms with E-state index in [9.17, 15) is 8.42 Å². The first kappa shape index (κ1) is 16.5. The molecule has 1 aromatic rings. The van der Waals surface area contributed by atoms with Gasteiger partial charge in [0.2, 0.25) is 10.0 Å². The molecule has 1 saturated heterocycles. The van der Waals surface area contributed by atoms with E-state index in [0.29, 0.717) is 12.2 Å². The first-order valence-corrected chi connectivity index (χ1v) is 9.05. The van der Waals surface area contributed by atoms with Crippen LogP contribution in [-0.4, -0.2) is 39.0 Å². The maximum absolute atomic E-state index is 12.3. The Kier molecular flexibility index (Phi) is 5.48. The van der Waals surface area contributed by atoms with E-state index in [1.807, 2.05) is 6.92 Å². The highest BCUT2D eigenvalue weighted by Crippen LogP contribution is 2.23. The molecule has 1 unspecified atom stereocenters. The Morgan fingerprint density at radius 2 is 2.00 bits per heavy atom. The lowest BCUT2D eigenvalue weighted by Gasteiger charge is -2.32. The minimum absolute atomic E-state index is 0.0370. The van der Waals surface area contributed by atoms with Crippen molar-refractivity contribution in [3.05, 3.63) is 23.2 Å². The molecular formula is C14H22ClN3O2S. The summed E-state index contributed by atoms with van der Waals surface area (Å²) in [5.74, 6) is 0. The Bertz CT molecular complexity index is 586. The van der Waals surface area contributed by atoms with E-state index in [-0.39, 0.29) is 16.0 Å². The summed E-state index contributed by atoms with van der Waals surface area (Å²) in [6.45, 7) is 4.46. The predicted molar refractivity (Wildman–Crippen MR) is 85.9 cm³/mol. The second-order valence-electron chi connectivity index (χ2n) is 5.49. The molecule has 3 N–H and O–H groups in total. The van der Waals surface area contributed by atoms with Crippen molar-refractivity contribution in [2.45, 2.75) is 37.1 Å². The summed E-state index contributed by atoms with van der Waals surface area (Å²) in [4.78, 5) is 2.35. The maximum Gasteiger partial charge on any atom is 0.242 e. The minimum Gasteiger partial charge on any atom is -0.399 e. The van der Waals surface area contributed by atoms with Gasteiger partial charge in [-0.15, -0.1) is 0 Å². The van der Waals surface area contributed by atoms with E-state index in [4.69, 9.17) is 17.3 Å². The second kappa shape index (κ2) is 6.96. The molecule has 0 saturated carbocycles. The van der Waals surface area contributed by atoms with Gasteiger partial charge in [-0.25, -0.2) is 13.1 Å². The van der Waals surface area contributed by atoms with Crippen LogP contribution < -0.4 is 10.5 Å². The van der Waals surface area contributed by atoms with E-state index in [2.05, 4.69) is 9.62 Å². The van der Waals surface area contributed by atoms with Crippen LogP contribution in [0.2, 0.25) is 5.02 Å². The first-order valence-electron chi connectivity index (χ1n) is 7.19. The molecule has 1 aliphatic heterocycles. The van der Waals surface area contributed by atoms with Gasteiger partial charge >= 0.3 is 0 Å². The van der Waals surface area contributed by atoms with Crippen LogP contribution in [0.3, 0.4) is 0 Å². The Balaban J connectivity index is 2.02. The van der Waals surface area contributed by atoms with Gasteiger partial charge in [0.1, 0.15) is 4.90 Å². The van der Waals surface area contributed by atoms with Gasteiger partial charge in [-0.05, 0) is 51.1 Å². The quantitative estimate of drug-likeness (QED) is 0.810. The van der Waals surface area contributed by atoms with Crippen molar-refractivity contribution < 1.29 is 8.42 Å². The number of piperidine rings is 1. The fraction of sp³-hybridized carbons (Fsp3) is 0.571. The SMILES string of the molecule is CC(CNS(=O)(=O)c1cc(N)ccc1Cl)N1CCCCC1. The van der Waals surface area contributed by atoms with E-state index in [0.717, 1.165) is 13.1 Å². The van der Waals surface area contributed by atoms with Crippen molar-refractivity contribution in [3.63, 3.8) is 0 Å². The number of rotatable bonds is 5. The monoisotopic (exact) mass is 331 g/mol. The predicted octanol–water partition coefficient (Wildman–Crippen LogP) is 2.07. The van der Waals surface area contributed by atoms with Crippen LogP contribution in [0.15, 0.2) is 23.1 Å². The third-order valence-electron chi connectivity index (χ3n) is 3.83. The molecule has 0 radical (unpaired) electrons.